The molecule has 2 N–H and O–H groups in total. The molecule has 0 heterocycles. The van der Waals surface area contributed by atoms with Gasteiger partial charge in [0.15, 0.2) is 0 Å². The second-order valence-corrected chi connectivity index (χ2v) is 6.45. The molecule has 0 aliphatic heterocycles. The molecule has 0 spiro atoms. The Bertz CT molecular complexity index is 190. The highest BCUT2D eigenvalue weighted by Gasteiger charge is 2.41. The van der Waals surface area contributed by atoms with E-state index in [9.17, 15) is 10.2 Å². The van der Waals surface area contributed by atoms with Crippen molar-refractivity contribution >= 4 is 0 Å². The van der Waals surface area contributed by atoms with Crippen LogP contribution in [0.4, 0.5) is 0 Å². The maximum atomic E-state index is 10.5. The Hall–Kier alpha value is -0.0800. The predicted molar refractivity (Wildman–Crippen MR) is 74.0 cm³/mol. The molecule has 2 atom stereocenters. The fraction of sp³-hybridized carbons (Fsp3) is 1.00. The molecule has 0 aliphatic carbocycles. The third-order valence-electron chi connectivity index (χ3n) is 3.95. The largest absolute Gasteiger partial charge is 0.396 e. The first-order valence-electron chi connectivity index (χ1n) is 7.13. The Kier molecular flexibility index (Phi) is 7.34. The molecule has 0 aliphatic rings. The number of hydrogen-bond acceptors (Lipinski definition) is 2. The molecule has 0 saturated carbocycles. The summed E-state index contributed by atoms with van der Waals surface area (Å²) in [5.74, 6) is 0. The van der Waals surface area contributed by atoms with E-state index in [0.29, 0.717) is 0 Å². The molecule has 104 valence electrons. The molecule has 0 aromatic heterocycles. The molecule has 0 bridgehead atoms. The topological polar surface area (TPSA) is 40.5 Å². The van der Waals surface area contributed by atoms with E-state index < -0.39 is 6.10 Å². The number of aliphatic hydroxyl groups is 2. The second kappa shape index (κ2) is 7.38. The van der Waals surface area contributed by atoms with Gasteiger partial charge in [0.2, 0.25) is 0 Å². The Morgan fingerprint density at radius 2 is 1.59 bits per heavy atom. The zero-order chi connectivity index (χ0) is 13.5. The van der Waals surface area contributed by atoms with E-state index in [-0.39, 0.29) is 17.4 Å². The molecular formula is C15H32O2. The second-order valence-electron chi connectivity index (χ2n) is 6.45. The minimum Gasteiger partial charge on any atom is -0.396 e. The van der Waals surface area contributed by atoms with E-state index in [0.717, 1.165) is 19.3 Å². The van der Waals surface area contributed by atoms with E-state index in [1.165, 1.54) is 19.3 Å². The SMILES string of the molecule is CCCCCCC(CC)(CO)C(O)C(C)(C)C. The number of unbranched alkanes of at least 4 members (excludes halogenated alkanes) is 3. The molecule has 2 heteroatoms. The van der Waals surface area contributed by atoms with Crippen molar-refractivity contribution in [3.63, 3.8) is 0 Å². The maximum absolute atomic E-state index is 10.5. The number of aliphatic hydroxyl groups excluding tert-OH is 2. The van der Waals surface area contributed by atoms with Gasteiger partial charge in [-0.3, -0.25) is 0 Å². The van der Waals surface area contributed by atoms with Gasteiger partial charge in [0.1, 0.15) is 0 Å². The van der Waals surface area contributed by atoms with Gasteiger partial charge in [0.25, 0.3) is 0 Å². The third kappa shape index (κ3) is 4.97. The van der Waals surface area contributed by atoms with E-state index >= 15 is 0 Å². The van der Waals surface area contributed by atoms with Crippen LogP contribution in [0.15, 0.2) is 0 Å². The third-order valence-corrected chi connectivity index (χ3v) is 3.95. The van der Waals surface area contributed by atoms with Crippen LogP contribution < -0.4 is 0 Å². The van der Waals surface area contributed by atoms with Gasteiger partial charge in [0.05, 0.1) is 12.7 Å². The zero-order valence-electron chi connectivity index (χ0n) is 12.4. The van der Waals surface area contributed by atoms with Crippen LogP contribution in [0.5, 0.6) is 0 Å². The average molecular weight is 244 g/mol. The van der Waals surface area contributed by atoms with Crippen molar-refractivity contribution in [1.29, 1.82) is 0 Å². The zero-order valence-corrected chi connectivity index (χ0v) is 12.4. The van der Waals surface area contributed by atoms with Gasteiger partial charge in [-0.15, -0.1) is 0 Å². The average Bonchev–Trinajstić information content (AvgIpc) is 2.28. The maximum Gasteiger partial charge on any atom is 0.0666 e. The van der Waals surface area contributed by atoms with Crippen LogP contribution in [0, 0.1) is 10.8 Å². The lowest BCUT2D eigenvalue weighted by atomic mass is 9.67. The first-order chi connectivity index (χ1) is 7.84. The van der Waals surface area contributed by atoms with Gasteiger partial charge in [0, 0.05) is 5.41 Å². The van der Waals surface area contributed by atoms with Crippen molar-refractivity contribution in [3.05, 3.63) is 0 Å². The highest BCUT2D eigenvalue weighted by atomic mass is 16.3. The molecule has 0 aromatic rings. The lowest BCUT2D eigenvalue weighted by Gasteiger charge is -2.42. The van der Waals surface area contributed by atoms with E-state index in [1.807, 2.05) is 20.8 Å². The van der Waals surface area contributed by atoms with Crippen LogP contribution in [-0.4, -0.2) is 22.9 Å². The summed E-state index contributed by atoms with van der Waals surface area (Å²) in [6, 6.07) is 0. The van der Waals surface area contributed by atoms with Gasteiger partial charge in [-0.05, 0) is 18.3 Å². The molecular weight excluding hydrogens is 212 g/mol. The standard InChI is InChI=1S/C15H32O2/c1-6-8-9-10-11-15(7-2,12-16)13(17)14(3,4)5/h13,16-17H,6-12H2,1-5H3. The molecule has 0 fully saturated rings. The minimum absolute atomic E-state index is 0.0913. The first kappa shape index (κ1) is 16.9. The van der Waals surface area contributed by atoms with Gasteiger partial charge in [-0.25, -0.2) is 0 Å². The van der Waals surface area contributed by atoms with Crippen LogP contribution >= 0.6 is 0 Å². The smallest absolute Gasteiger partial charge is 0.0666 e. The normalized spacial score (nSPS) is 17.8. The molecule has 0 rings (SSSR count). The Morgan fingerprint density at radius 3 is 1.94 bits per heavy atom. The summed E-state index contributed by atoms with van der Waals surface area (Å²) in [6.07, 6.45) is 6.11. The van der Waals surface area contributed by atoms with Crippen molar-refractivity contribution in [1.82, 2.24) is 0 Å². The molecule has 17 heavy (non-hydrogen) atoms. The summed E-state index contributed by atoms with van der Waals surface area (Å²) in [7, 11) is 0. The Labute approximate surface area is 107 Å². The fourth-order valence-electron chi connectivity index (χ4n) is 2.61. The quantitative estimate of drug-likeness (QED) is 0.638. The Morgan fingerprint density at radius 1 is 1.00 bits per heavy atom. The predicted octanol–water partition coefficient (Wildman–Crippen LogP) is 3.75. The monoisotopic (exact) mass is 244 g/mol. The molecule has 0 radical (unpaired) electrons. The van der Waals surface area contributed by atoms with Crippen molar-refractivity contribution in [2.45, 2.75) is 79.2 Å². The summed E-state index contributed by atoms with van der Waals surface area (Å²) in [4.78, 5) is 0. The molecule has 0 amide bonds. The van der Waals surface area contributed by atoms with Gasteiger partial charge >= 0.3 is 0 Å². The lowest BCUT2D eigenvalue weighted by molar-refractivity contribution is -0.0848. The minimum atomic E-state index is -0.438. The van der Waals surface area contributed by atoms with Crippen molar-refractivity contribution in [2.75, 3.05) is 6.61 Å². The van der Waals surface area contributed by atoms with E-state index in [1.54, 1.807) is 0 Å². The lowest BCUT2D eigenvalue weighted by Crippen LogP contribution is -2.46. The van der Waals surface area contributed by atoms with E-state index in [4.69, 9.17) is 0 Å². The highest BCUT2D eigenvalue weighted by molar-refractivity contribution is 4.91. The first-order valence-corrected chi connectivity index (χ1v) is 7.13. The Balaban J connectivity index is 4.55. The van der Waals surface area contributed by atoms with Crippen LogP contribution in [0.2, 0.25) is 0 Å². The summed E-state index contributed by atoms with van der Waals surface area (Å²) in [5, 5.41) is 20.2. The molecule has 2 unspecified atom stereocenters. The summed E-state index contributed by atoms with van der Waals surface area (Å²) < 4.78 is 0. The fourth-order valence-corrected chi connectivity index (χ4v) is 2.61. The van der Waals surface area contributed by atoms with Crippen LogP contribution in [0.25, 0.3) is 0 Å². The molecule has 0 saturated heterocycles. The summed E-state index contributed by atoms with van der Waals surface area (Å²) in [5.41, 5.74) is -0.477. The van der Waals surface area contributed by atoms with Crippen LogP contribution in [-0.2, 0) is 0 Å². The number of hydrogen-bond donors (Lipinski definition) is 2. The van der Waals surface area contributed by atoms with Gasteiger partial charge in [-0.2, -0.15) is 0 Å². The highest BCUT2D eigenvalue weighted by Crippen LogP contribution is 2.40. The van der Waals surface area contributed by atoms with Gasteiger partial charge in [-0.1, -0.05) is 60.3 Å². The van der Waals surface area contributed by atoms with Crippen molar-refractivity contribution in [3.8, 4) is 0 Å². The number of rotatable bonds is 8. The molecule has 2 nitrogen and oxygen atoms in total. The van der Waals surface area contributed by atoms with Crippen molar-refractivity contribution in [2.24, 2.45) is 10.8 Å². The summed E-state index contributed by atoms with van der Waals surface area (Å²) in [6.45, 7) is 10.5. The van der Waals surface area contributed by atoms with E-state index in [2.05, 4.69) is 13.8 Å². The van der Waals surface area contributed by atoms with Crippen LogP contribution in [0.1, 0.15) is 73.1 Å². The van der Waals surface area contributed by atoms with Crippen LogP contribution in [0.3, 0.4) is 0 Å². The van der Waals surface area contributed by atoms with Gasteiger partial charge < -0.3 is 10.2 Å². The summed E-state index contributed by atoms with van der Waals surface area (Å²) >= 11 is 0. The molecule has 0 aromatic carbocycles. The van der Waals surface area contributed by atoms with Crippen molar-refractivity contribution < 1.29 is 10.2 Å².